The number of halogens is 2. The minimum atomic E-state index is -0.712. The van der Waals surface area contributed by atoms with Crippen LogP contribution >= 0.6 is 15.9 Å². The summed E-state index contributed by atoms with van der Waals surface area (Å²) in [5, 5.41) is 2.73. The lowest BCUT2D eigenvalue weighted by Crippen LogP contribution is -2.46. The van der Waals surface area contributed by atoms with E-state index in [0.29, 0.717) is 17.3 Å². The molecule has 2 nitrogen and oxygen atoms in total. The molecule has 0 unspecified atom stereocenters. The Labute approximate surface area is 115 Å². The van der Waals surface area contributed by atoms with Crippen LogP contribution in [0.15, 0.2) is 22.7 Å². The van der Waals surface area contributed by atoms with Gasteiger partial charge in [-0.1, -0.05) is 35.7 Å². The average molecular weight is 312 g/mol. The van der Waals surface area contributed by atoms with Gasteiger partial charge in [0, 0.05) is 4.47 Å². The number of hydrogen-bond acceptors (Lipinski definition) is 1. The van der Waals surface area contributed by atoms with Crippen molar-refractivity contribution in [1.29, 1.82) is 0 Å². The van der Waals surface area contributed by atoms with Crippen LogP contribution in [0.25, 0.3) is 0 Å². The van der Waals surface area contributed by atoms with Crippen LogP contribution in [0.5, 0.6) is 0 Å². The molecule has 0 atom stereocenters. The summed E-state index contributed by atoms with van der Waals surface area (Å²) in [5.74, 6) is 1.53. The Morgan fingerprint density at radius 2 is 2.11 bits per heavy atom. The summed E-state index contributed by atoms with van der Waals surface area (Å²) < 4.78 is 14.2. The Morgan fingerprint density at radius 3 is 2.56 bits per heavy atom. The average Bonchev–Trinajstić information content (AvgIpc) is 2.36. The number of terminal acetylenes is 1. The van der Waals surface area contributed by atoms with Crippen LogP contribution < -0.4 is 5.32 Å². The smallest absolute Gasteiger partial charge is 0.255 e. The molecule has 0 aliphatic carbocycles. The monoisotopic (exact) mass is 311 g/mol. The van der Waals surface area contributed by atoms with Gasteiger partial charge in [-0.3, -0.25) is 4.79 Å². The standard InChI is InChI=1S/C14H15BrFNO/c1-4-14(5-2,6-3)17-13(18)11-8-7-10(15)9-12(11)16/h1,7-9H,5-6H2,2-3H3,(H,17,18). The van der Waals surface area contributed by atoms with E-state index in [1.165, 1.54) is 12.1 Å². The zero-order valence-electron chi connectivity index (χ0n) is 10.4. The van der Waals surface area contributed by atoms with Crippen molar-refractivity contribution in [3.8, 4) is 12.3 Å². The van der Waals surface area contributed by atoms with Gasteiger partial charge in [0.15, 0.2) is 0 Å². The molecule has 0 aliphatic rings. The van der Waals surface area contributed by atoms with Gasteiger partial charge in [-0.15, -0.1) is 6.42 Å². The van der Waals surface area contributed by atoms with E-state index < -0.39 is 17.3 Å². The maximum absolute atomic E-state index is 13.6. The number of benzene rings is 1. The summed E-state index contributed by atoms with van der Waals surface area (Å²) in [6, 6.07) is 4.30. The lowest BCUT2D eigenvalue weighted by atomic mass is 9.93. The van der Waals surface area contributed by atoms with Crippen molar-refractivity contribution in [2.75, 3.05) is 0 Å². The van der Waals surface area contributed by atoms with Crippen LogP contribution in [0.4, 0.5) is 4.39 Å². The summed E-state index contributed by atoms with van der Waals surface area (Å²) in [7, 11) is 0. The normalized spacial score (nSPS) is 10.8. The van der Waals surface area contributed by atoms with Gasteiger partial charge in [0.25, 0.3) is 5.91 Å². The quantitative estimate of drug-likeness (QED) is 0.847. The lowest BCUT2D eigenvalue weighted by molar-refractivity contribution is 0.0912. The Hall–Kier alpha value is -1.34. The molecule has 1 rings (SSSR count). The first-order chi connectivity index (χ1) is 8.48. The molecule has 18 heavy (non-hydrogen) atoms. The van der Waals surface area contributed by atoms with Crippen molar-refractivity contribution >= 4 is 21.8 Å². The molecule has 0 heterocycles. The molecule has 96 valence electrons. The fourth-order valence-electron chi connectivity index (χ4n) is 1.63. The lowest BCUT2D eigenvalue weighted by Gasteiger charge is -2.27. The van der Waals surface area contributed by atoms with Crippen molar-refractivity contribution in [1.82, 2.24) is 5.32 Å². The fourth-order valence-corrected chi connectivity index (χ4v) is 1.96. The van der Waals surface area contributed by atoms with E-state index in [-0.39, 0.29) is 5.56 Å². The first-order valence-corrected chi connectivity index (χ1v) is 6.52. The molecule has 1 aromatic rings. The highest BCUT2D eigenvalue weighted by atomic mass is 79.9. The highest BCUT2D eigenvalue weighted by Crippen LogP contribution is 2.18. The molecule has 1 N–H and O–H groups in total. The number of nitrogens with one attached hydrogen (secondary N) is 1. The molecule has 0 fully saturated rings. The molecule has 0 spiro atoms. The van der Waals surface area contributed by atoms with E-state index >= 15 is 0 Å². The number of carbonyl (C=O) groups is 1. The van der Waals surface area contributed by atoms with Gasteiger partial charge in [-0.25, -0.2) is 4.39 Å². The van der Waals surface area contributed by atoms with Crippen LogP contribution in [0, 0.1) is 18.2 Å². The Bertz CT molecular complexity index is 489. The number of carbonyl (C=O) groups excluding carboxylic acids is 1. The maximum atomic E-state index is 13.6. The second-order valence-corrected chi connectivity index (χ2v) is 4.93. The highest BCUT2D eigenvalue weighted by molar-refractivity contribution is 9.10. The van der Waals surface area contributed by atoms with E-state index in [0.717, 1.165) is 0 Å². The van der Waals surface area contributed by atoms with Crippen molar-refractivity contribution in [3.63, 3.8) is 0 Å². The second kappa shape index (κ2) is 6.01. The third-order valence-electron chi connectivity index (χ3n) is 3.01. The zero-order chi connectivity index (χ0) is 13.8. The first kappa shape index (κ1) is 14.7. The Balaban J connectivity index is 2.99. The molecule has 0 aliphatic heterocycles. The van der Waals surface area contributed by atoms with Crippen molar-refractivity contribution in [2.24, 2.45) is 0 Å². The molecule has 4 heteroatoms. The summed E-state index contributed by atoms with van der Waals surface area (Å²) >= 11 is 3.14. The van der Waals surface area contributed by atoms with Crippen LogP contribution in [0.1, 0.15) is 37.0 Å². The fraction of sp³-hybridized carbons (Fsp3) is 0.357. The van der Waals surface area contributed by atoms with Gasteiger partial charge in [0.1, 0.15) is 11.4 Å². The van der Waals surface area contributed by atoms with Gasteiger partial charge in [0.05, 0.1) is 5.56 Å². The van der Waals surface area contributed by atoms with Gasteiger partial charge in [-0.2, -0.15) is 0 Å². The zero-order valence-corrected chi connectivity index (χ0v) is 12.0. The third kappa shape index (κ3) is 3.11. The van der Waals surface area contributed by atoms with Crippen LogP contribution in [-0.4, -0.2) is 11.4 Å². The maximum Gasteiger partial charge on any atom is 0.255 e. The molecular weight excluding hydrogens is 297 g/mol. The van der Waals surface area contributed by atoms with Crippen LogP contribution in [0.3, 0.4) is 0 Å². The van der Waals surface area contributed by atoms with Crippen molar-refractivity contribution in [3.05, 3.63) is 34.1 Å². The largest absolute Gasteiger partial charge is 0.336 e. The minimum Gasteiger partial charge on any atom is -0.336 e. The van der Waals surface area contributed by atoms with Crippen molar-refractivity contribution < 1.29 is 9.18 Å². The SMILES string of the molecule is C#CC(CC)(CC)NC(=O)c1ccc(Br)cc1F. The molecule has 0 saturated heterocycles. The highest BCUT2D eigenvalue weighted by Gasteiger charge is 2.26. The number of amides is 1. The molecule has 0 aromatic heterocycles. The van der Waals surface area contributed by atoms with Gasteiger partial charge in [0.2, 0.25) is 0 Å². The molecule has 1 amide bonds. The molecule has 0 saturated carbocycles. The van der Waals surface area contributed by atoms with Gasteiger partial charge in [-0.05, 0) is 31.0 Å². The predicted molar refractivity (Wildman–Crippen MR) is 73.7 cm³/mol. The van der Waals surface area contributed by atoms with Gasteiger partial charge >= 0.3 is 0 Å². The summed E-state index contributed by atoms with van der Waals surface area (Å²) in [6.07, 6.45) is 6.65. The number of hydrogen-bond donors (Lipinski definition) is 1. The minimum absolute atomic E-state index is 0.000255. The number of rotatable bonds is 4. The molecule has 0 radical (unpaired) electrons. The van der Waals surface area contributed by atoms with Crippen LogP contribution in [-0.2, 0) is 0 Å². The van der Waals surface area contributed by atoms with E-state index in [9.17, 15) is 9.18 Å². The van der Waals surface area contributed by atoms with Gasteiger partial charge < -0.3 is 5.32 Å². The Kier molecular flexibility index (Phi) is 4.92. The molecule has 1 aromatic carbocycles. The first-order valence-electron chi connectivity index (χ1n) is 5.73. The topological polar surface area (TPSA) is 29.1 Å². The summed E-state index contributed by atoms with van der Waals surface area (Å²) in [6.45, 7) is 3.78. The third-order valence-corrected chi connectivity index (χ3v) is 3.51. The van der Waals surface area contributed by atoms with Crippen LogP contribution in [0.2, 0.25) is 0 Å². The van der Waals surface area contributed by atoms with E-state index in [1.54, 1.807) is 6.07 Å². The molecular formula is C14H15BrFNO. The Morgan fingerprint density at radius 1 is 1.50 bits per heavy atom. The summed E-state index contributed by atoms with van der Waals surface area (Å²) in [4.78, 5) is 12.0. The van der Waals surface area contributed by atoms with E-state index in [1.807, 2.05) is 13.8 Å². The van der Waals surface area contributed by atoms with E-state index in [4.69, 9.17) is 6.42 Å². The summed E-state index contributed by atoms with van der Waals surface area (Å²) in [5.41, 5.74) is -0.712. The van der Waals surface area contributed by atoms with Crippen molar-refractivity contribution in [2.45, 2.75) is 32.2 Å². The predicted octanol–water partition coefficient (Wildman–Crippen LogP) is 3.51. The second-order valence-electron chi connectivity index (χ2n) is 4.01. The van der Waals surface area contributed by atoms with E-state index in [2.05, 4.69) is 27.2 Å². The molecule has 0 bridgehead atoms.